The number of hydrogen-bond acceptors (Lipinski definition) is 2. The second-order valence-corrected chi connectivity index (χ2v) is 6.20. The van der Waals surface area contributed by atoms with E-state index in [0.29, 0.717) is 28.6 Å². The molecular formula is C21H17ClFNO2. The van der Waals surface area contributed by atoms with Crippen LogP contribution in [0.2, 0.25) is 5.02 Å². The Labute approximate surface area is 156 Å². The highest BCUT2D eigenvalue weighted by atomic mass is 35.5. The summed E-state index contributed by atoms with van der Waals surface area (Å²) in [6.45, 7) is 0.475. The molecule has 26 heavy (non-hydrogen) atoms. The smallest absolute Gasteiger partial charge is 0.228 e. The van der Waals surface area contributed by atoms with Crippen LogP contribution in [-0.4, -0.2) is 5.91 Å². The minimum atomic E-state index is -0.489. The lowest BCUT2D eigenvalue weighted by molar-refractivity contribution is -0.115. The highest BCUT2D eigenvalue weighted by Crippen LogP contribution is 2.19. The van der Waals surface area contributed by atoms with E-state index in [1.807, 2.05) is 30.3 Å². The van der Waals surface area contributed by atoms with Crippen molar-refractivity contribution in [2.45, 2.75) is 13.0 Å². The number of nitrogens with one attached hydrogen (secondary N) is 1. The normalized spacial score (nSPS) is 10.4. The van der Waals surface area contributed by atoms with E-state index in [4.69, 9.17) is 16.3 Å². The summed E-state index contributed by atoms with van der Waals surface area (Å²) in [5.41, 5.74) is 2.00. The van der Waals surface area contributed by atoms with Crippen molar-refractivity contribution < 1.29 is 13.9 Å². The van der Waals surface area contributed by atoms with Crippen molar-refractivity contribution in [1.29, 1.82) is 0 Å². The molecule has 3 aromatic carbocycles. The van der Waals surface area contributed by atoms with Gasteiger partial charge in [-0.25, -0.2) is 4.39 Å². The van der Waals surface area contributed by atoms with Gasteiger partial charge in [0.2, 0.25) is 5.91 Å². The van der Waals surface area contributed by atoms with Gasteiger partial charge < -0.3 is 10.1 Å². The molecule has 0 aliphatic carbocycles. The number of benzene rings is 3. The van der Waals surface area contributed by atoms with Crippen molar-refractivity contribution in [3.8, 4) is 5.75 Å². The van der Waals surface area contributed by atoms with Gasteiger partial charge in [-0.05, 0) is 47.5 Å². The molecule has 0 aromatic heterocycles. The second kappa shape index (κ2) is 8.50. The second-order valence-electron chi connectivity index (χ2n) is 5.76. The topological polar surface area (TPSA) is 38.3 Å². The first-order valence-electron chi connectivity index (χ1n) is 8.11. The molecule has 0 heterocycles. The zero-order chi connectivity index (χ0) is 18.4. The molecule has 0 saturated heterocycles. The summed E-state index contributed by atoms with van der Waals surface area (Å²) in [7, 11) is 0. The minimum Gasteiger partial charge on any atom is -0.489 e. The Bertz CT molecular complexity index is 882. The third kappa shape index (κ3) is 5.07. The summed E-state index contributed by atoms with van der Waals surface area (Å²) in [6, 6.07) is 21.2. The van der Waals surface area contributed by atoms with Crippen LogP contribution in [-0.2, 0) is 17.8 Å². The van der Waals surface area contributed by atoms with Crippen LogP contribution < -0.4 is 10.1 Å². The van der Waals surface area contributed by atoms with Crippen LogP contribution in [0.15, 0.2) is 72.8 Å². The fourth-order valence-electron chi connectivity index (χ4n) is 2.42. The van der Waals surface area contributed by atoms with Crippen molar-refractivity contribution >= 4 is 23.2 Å². The van der Waals surface area contributed by atoms with Crippen molar-refractivity contribution in [3.63, 3.8) is 0 Å². The van der Waals surface area contributed by atoms with Crippen molar-refractivity contribution in [2.24, 2.45) is 0 Å². The average molecular weight is 370 g/mol. The van der Waals surface area contributed by atoms with E-state index in [9.17, 15) is 9.18 Å². The van der Waals surface area contributed by atoms with E-state index in [2.05, 4.69) is 5.32 Å². The van der Waals surface area contributed by atoms with E-state index in [-0.39, 0.29) is 12.3 Å². The summed E-state index contributed by atoms with van der Waals surface area (Å²) >= 11 is 5.71. The molecule has 0 bridgehead atoms. The molecule has 0 aliphatic heterocycles. The van der Waals surface area contributed by atoms with E-state index >= 15 is 0 Å². The van der Waals surface area contributed by atoms with Crippen LogP contribution in [0.4, 0.5) is 10.1 Å². The van der Waals surface area contributed by atoms with E-state index in [1.165, 1.54) is 12.1 Å². The third-order valence-corrected chi connectivity index (χ3v) is 3.99. The molecule has 0 spiro atoms. The quantitative estimate of drug-likeness (QED) is 0.645. The van der Waals surface area contributed by atoms with Gasteiger partial charge in [0.25, 0.3) is 0 Å². The van der Waals surface area contributed by atoms with Crippen LogP contribution in [0.5, 0.6) is 5.75 Å². The molecule has 3 aromatic rings. The Kier molecular flexibility index (Phi) is 5.87. The van der Waals surface area contributed by atoms with Gasteiger partial charge in [0, 0.05) is 10.7 Å². The summed E-state index contributed by atoms with van der Waals surface area (Å²) in [4.78, 5) is 12.1. The number of rotatable bonds is 6. The van der Waals surface area contributed by atoms with Gasteiger partial charge in [-0.1, -0.05) is 48.0 Å². The number of halogens is 2. The zero-order valence-electron chi connectivity index (χ0n) is 13.9. The molecule has 0 radical (unpaired) electrons. The molecule has 132 valence electrons. The van der Waals surface area contributed by atoms with Crippen LogP contribution in [0.3, 0.4) is 0 Å². The number of carbonyl (C=O) groups is 1. The Morgan fingerprint density at radius 2 is 1.73 bits per heavy atom. The highest BCUT2D eigenvalue weighted by molar-refractivity contribution is 6.30. The van der Waals surface area contributed by atoms with Gasteiger partial charge >= 0.3 is 0 Å². The lowest BCUT2D eigenvalue weighted by Crippen LogP contribution is -2.15. The molecule has 0 fully saturated rings. The molecule has 3 nitrogen and oxygen atoms in total. The number of anilines is 1. The average Bonchev–Trinajstić information content (AvgIpc) is 2.64. The lowest BCUT2D eigenvalue weighted by Gasteiger charge is -2.09. The van der Waals surface area contributed by atoms with Gasteiger partial charge in [-0.3, -0.25) is 4.79 Å². The molecule has 3 rings (SSSR count). The largest absolute Gasteiger partial charge is 0.489 e. The zero-order valence-corrected chi connectivity index (χ0v) is 14.7. The molecule has 1 N–H and O–H groups in total. The first-order valence-corrected chi connectivity index (χ1v) is 8.48. The SMILES string of the molecule is O=C(Cc1ccc(Cl)cc1F)Nc1ccc(OCc2ccccc2)cc1. The summed E-state index contributed by atoms with van der Waals surface area (Å²) in [5.74, 6) is -0.0860. The van der Waals surface area contributed by atoms with Gasteiger partial charge in [0.15, 0.2) is 0 Å². The minimum absolute atomic E-state index is 0.0603. The summed E-state index contributed by atoms with van der Waals surface area (Å²) < 4.78 is 19.4. The first-order chi connectivity index (χ1) is 12.6. The van der Waals surface area contributed by atoms with E-state index in [0.717, 1.165) is 5.56 Å². The van der Waals surface area contributed by atoms with Crippen LogP contribution in [0, 0.1) is 5.82 Å². The maximum absolute atomic E-state index is 13.7. The fraction of sp³-hybridized carbons (Fsp3) is 0.0952. The van der Waals surface area contributed by atoms with Crippen LogP contribution in [0.1, 0.15) is 11.1 Å². The van der Waals surface area contributed by atoms with Crippen molar-refractivity contribution in [1.82, 2.24) is 0 Å². The van der Waals surface area contributed by atoms with Crippen LogP contribution in [0.25, 0.3) is 0 Å². The fourth-order valence-corrected chi connectivity index (χ4v) is 2.58. The monoisotopic (exact) mass is 369 g/mol. The van der Waals surface area contributed by atoms with Gasteiger partial charge in [-0.15, -0.1) is 0 Å². The molecule has 0 unspecified atom stereocenters. The van der Waals surface area contributed by atoms with Crippen molar-refractivity contribution in [2.75, 3.05) is 5.32 Å². The number of amides is 1. The maximum Gasteiger partial charge on any atom is 0.228 e. The summed E-state index contributed by atoms with van der Waals surface area (Å²) in [6.07, 6.45) is -0.0603. The predicted molar refractivity (Wildman–Crippen MR) is 101 cm³/mol. The Hall–Kier alpha value is -2.85. The lowest BCUT2D eigenvalue weighted by atomic mass is 10.1. The standard InChI is InChI=1S/C21H17ClFNO2/c22-17-7-6-16(20(23)13-17)12-21(25)24-18-8-10-19(11-9-18)26-14-15-4-2-1-3-5-15/h1-11,13H,12,14H2,(H,24,25). The predicted octanol–water partition coefficient (Wildman–Crippen LogP) is 5.24. The van der Waals surface area contributed by atoms with Crippen molar-refractivity contribution in [3.05, 3.63) is 94.8 Å². The van der Waals surface area contributed by atoms with Gasteiger partial charge in [0.1, 0.15) is 18.2 Å². The van der Waals surface area contributed by atoms with Crippen LogP contribution >= 0.6 is 11.6 Å². The van der Waals surface area contributed by atoms with E-state index in [1.54, 1.807) is 30.3 Å². The Morgan fingerprint density at radius 3 is 2.42 bits per heavy atom. The van der Waals surface area contributed by atoms with Gasteiger partial charge in [0.05, 0.1) is 6.42 Å². The molecule has 0 atom stereocenters. The number of hydrogen-bond donors (Lipinski definition) is 1. The first kappa shape index (κ1) is 18.0. The Balaban J connectivity index is 1.54. The molecular weight excluding hydrogens is 353 g/mol. The highest BCUT2D eigenvalue weighted by Gasteiger charge is 2.09. The maximum atomic E-state index is 13.7. The molecule has 1 amide bonds. The molecule has 0 saturated carbocycles. The molecule has 5 heteroatoms. The third-order valence-electron chi connectivity index (χ3n) is 3.75. The molecule has 0 aliphatic rings. The number of ether oxygens (including phenoxy) is 1. The van der Waals surface area contributed by atoms with E-state index < -0.39 is 5.82 Å². The Morgan fingerprint density at radius 1 is 1.00 bits per heavy atom. The summed E-state index contributed by atoms with van der Waals surface area (Å²) in [5, 5.41) is 3.04. The van der Waals surface area contributed by atoms with Gasteiger partial charge in [-0.2, -0.15) is 0 Å². The number of carbonyl (C=O) groups excluding carboxylic acids is 1.